The van der Waals surface area contributed by atoms with Crippen LogP contribution in [0.25, 0.3) is 0 Å². The van der Waals surface area contributed by atoms with Gasteiger partial charge in [0.1, 0.15) is 0 Å². The third-order valence-corrected chi connectivity index (χ3v) is 7.41. The number of hydrogen-bond acceptors (Lipinski definition) is 4. The lowest BCUT2D eigenvalue weighted by atomic mass is 9.70. The van der Waals surface area contributed by atoms with Gasteiger partial charge in [0.05, 0.1) is 12.2 Å². The van der Waals surface area contributed by atoms with Gasteiger partial charge in [0.2, 0.25) is 0 Å². The van der Waals surface area contributed by atoms with E-state index in [1.807, 2.05) is 0 Å². The third-order valence-electron chi connectivity index (χ3n) is 7.41. The average molecular weight is 350 g/mol. The molecule has 4 aliphatic heterocycles. The van der Waals surface area contributed by atoms with E-state index < -0.39 is 0 Å². The molecule has 0 aliphatic carbocycles. The van der Waals surface area contributed by atoms with Crippen LogP contribution in [0.5, 0.6) is 0 Å². The molecule has 4 heterocycles. The van der Waals surface area contributed by atoms with Crippen molar-refractivity contribution < 1.29 is 4.74 Å². The molecule has 0 aromatic rings. The Morgan fingerprint density at radius 1 is 0.800 bits per heavy atom. The van der Waals surface area contributed by atoms with Gasteiger partial charge in [-0.05, 0) is 60.8 Å². The van der Waals surface area contributed by atoms with Crippen LogP contribution in [0.2, 0.25) is 0 Å². The summed E-state index contributed by atoms with van der Waals surface area (Å²) in [5.41, 5.74) is 1.44. The monoisotopic (exact) mass is 349 g/mol. The van der Waals surface area contributed by atoms with Crippen LogP contribution in [0, 0.1) is 5.41 Å². The van der Waals surface area contributed by atoms with Crippen molar-refractivity contribution in [1.82, 2.24) is 14.7 Å². The summed E-state index contributed by atoms with van der Waals surface area (Å²) < 4.78 is 6.43. The van der Waals surface area contributed by atoms with E-state index in [0.29, 0.717) is 22.5 Å². The quantitative estimate of drug-likeness (QED) is 0.724. The molecule has 144 valence electrons. The molecular weight excluding hydrogens is 310 g/mol. The minimum atomic E-state index is 0.187. The fourth-order valence-corrected chi connectivity index (χ4v) is 5.50. The second-order valence-corrected chi connectivity index (χ2v) is 11.4. The Kier molecular flexibility index (Phi) is 4.13. The summed E-state index contributed by atoms with van der Waals surface area (Å²) >= 11 is 0. The number of hydrogen-bond donors (Lipinski definition) is 0. The highest BCUT2D eigenvalue weighted by molar-refractivity contribution is 5.11. The molecule has 2 spiro atoms. The zero-order chi connectivity index (χ0) is 18.1. The fraction of sp³-hybridized carbons (Fsp3) is 1.00. The van der Waals surface area contributed by atoms with Crippen molar-refractivity contribution >= 4 is 0 Å². The van der Waals surface area contributed by atoms with E-state index in [0.717, 1.165) is 6.61 Å². The van der Waals surface area contributed by atoms with Gasteiger partial charge in [0, 0.05) is 61.8 Å². The number of rotatable bonds is 1. The summed E-state index contributed by atoms with van der Waals surface area (Å²) in [7, 11) is 0. The molecule has 0 bridgehead atoms. The second kappa shape index (κ2) is 5.67. The summed E-state index contributed by atoms with van der Waals surface area (Å²) in [6, 6.07) is 0.676. The molecule has 25 heavy (non-hydrogen) atoms. The highest BCUT2D eigenvalue weighted by Crippen LogP contribution is 2.47. The molecule has 0 amide bonds. The first-order chi connectivity index (χ1) is 11.5. The van der Waals surface area contributed by atoms with Crippen molar-refractivity contribution in [1.29, 1.82) is 0 Å². The molecule has 0 aromatic heterocycles. The number of nitrogens with zero attached hydrogens (tertiary/aromatic N) is 3. The van der Waals surface area contributed by atoms with Crippen LogP contribution in [-0.2, 0) is 4.74 Å². The van der Waals surface area contributed by atoms with Gasteiger partial charge in [-0.15, -0.1) is 0 Å². The van der Waals surface area contributed by atoms with Crippen molar-refractivity contribution in [3.63, 3.8) is 0 Å². The van der Waals surface area contributed by atoms with Gasteiger partial charge < -0.3 is 4.74 Å². The van der Waals surface area contributed by atoms with Gasteiger partial charge in [-0.1, -0.05) is 0 Å². The Morgan fingerprint density at radius 3 is 1.88 bits per heavy atom. The number of ether oxygens (including phenoxy) is 1. The zero-order valence-electron chi connectivity index (χ0n) is 17.4. The lowest BCUT2D eigenvalue weighted by Crippen LogP contribution is -2.75. The third kappa shape index (κ3) is 3.28. The van der Waals surface area contributed by atoms with Crippen molar-refractivity contribution in [2.24, 2.45) is 5.41 Å². The van der Waals surface area contributed by atoms with Crippen LogP contribution in [0.4, 0.5) is 0 Å². The van der Waals surface area contributed by atoms with E-state index >= 15 is 0 Å². The van der Waals surface area contributed by atoms with Crippen LogP contribution in [0.1, 0.15) is 60.8 Å². The maximum atomic E-state index is 6.43. The summed E-state index contributed by atoms with van der Waals surface area (Å²) in [5, 5.41) is 0. The molecule has 1 atom stereocenters. The van der Waals surface area contributed by atoms with E-state index in [1.165, 1.54) is 58.5 Å². The van der Waals surface area contributed by atoms with Crippen molar-refractivity contribution in [2.45, 2.75) is 83.5 Å². The highest BCUT2D eigenvalue weighted by atomic mass is 16.5. The van der Waals surface area contributed by atoms with E-state index in [9.17, 15) is 0 Å². The fourth-order valence-electron chi connectivity index (χ4n) is 5.50. The van der Waals surface area contributed by atoms with Gasteiger partial charge in [-0.3, -0.25) is 14.7 Å². The van der Waals surface area contributed by atoms with E-state index in [2.05, 4.69) is 56.2 Å². The van der Waals surface area contributed by atoms with E-state index in [-0.39, 0.29) is 5.60 Å². The first-order valence-electron chi connectivity index (χ1n) is 10.4. The van der Waals surface area contributed by atoms with Gasteiger partial charge >= 0.3 is 0 Å². The Hall–Kier alpha value is -0.160. The number of piperidine rings is 1. The molecule has 4 fully saturated rings. The molecule has 0 N–H and O–H groups in total. The predicted molar refractivity (Wildman–Crippen MR) is 103 cm³/mol. The van der Waals surface area contributed by atoms with Crippen molar-refractivity contribution in [3.05, 3.63) is 0 Å². The maximum absolute atomic E-state index is 6.43. The first-order valence-corrected chi connectivity index (χ1v) is 10.4. The number of likely N-dealkylation sites (tertiary alicyclic amines) is 3. The van der Waals surface area contributed by atoms with E-state index in [1.54, 1.807) is 0 Å². The highest BCUT2D eigenvalue weighted by Gasteiger charge is 2.57. The molecule has 4 saturated heterocycles. The van der Waals surface area contributed by atoms with Crippen LogP contribution in [-0.4, -0.2) is 83.3 Å². The van der Waals surface area contributed by atoms with E-state index in [4.69, 9.17) is 4.74 Å². The van der Waals surface area contributed by atoms with Gasteiger partial charge in [-0.2, -0.15) is 0 Å². The smallest absolute Gasteiger partial charge is 0.0723 e. The molecule has 4 rings (SSSR count). The minimum absolute atomic E-state index is 0.187. The topological polar surface area (TPSA) is 19.0 Å². The Bertz CT molecular complexity index is 496. The summed E-state index contributed by atoms with van der Waals surface area (Å²) in [6.45, 7) is 22.6. The molecule has 0 saturated carbocycles. The molecule has 0 aromatic carbocycles. The largest absolute Gasteiger partial charge is 0.373 e. The molecule has 0 radical (unpaired) electrons. The normalized spacial score (nSPS) is 33.6. The Balaban J connectivity index is 1.25. The average Bonchev–Trinajstić information content (AvgIpc) is 2.77. The Morgan fingerprint density at radius 2 is 1.36 bits per heavy atom. The minimum Gasteiger partial charge on any atom is -0.373 e. The lowest BCUT2D eigenvalue weighted by Gasteiger charge is -2.64. The first kappa shape index (κ1) is 18.2. The molecule has 4 aliphatic rings. The predicted octanol–water partition coefficient (Wildman–Crippen LogP) is 2.82. The van der Waals surface area contributed by atoms with Gasteiger partial charge in [-0.25, -0.2) is 0 Å². The van der Waals surface area contributed by atoms with Crippen molar-refractivity contribution in [3.8, 4) is 0 Å². The zero-order valence-corrected chi connectivity index (χ0v) is 17.4. The Labute approximate surface area is 154 Å². The summed E-state index contributed by atoms with van der Waals surface area (Å²) in [5.74, 6) is 0. The van der Waals surface area contributed by atoms with Crippen LogP contribution < -0.4 is 0 Å². The van der Waals surface area contributed by atoms with Gasteiger partial charge in [0.25, 0.3) is 0 Å². The van der Waals surface area contributed by atoms with Crippen LogP contribution in [0.3, 0.4) is 0 Å². The summed E-state index contributed by atoms with van der Waals surface area (Å²) in [6.07, 6.45) is 3.71. The van der Waals surface area contributed by atoms with Crippen LogP contribution >= 0.6 is 0 Å². The molecule has 4 nitrogen and oxygen atoms in total. The van der Waals surface area contributed by atoms with Gasteiger partial charge in [0.15, 0.2) is 0 Å². The molecule has 1 unspecified atom stereocenters. The standard InChI is InChI=1S/C21H39N3O/c1-18(2,3)23-9-7-21(8-10-23)11-17(12-25-21)22-13-20(14-22)15-24(16-20)19(4,5)6/h17H,7-16H2,1-6H3. The molecular formula is C21H39N3O. The second-order valence-electron chi connectivity index (χ2n) is 11.4. The maximum Gasteiger partial charge on any atom is 0.0723 e. The molecule has 4 heteroatoms. The van der Waals surface area contributed by atoms with Crippen molar-refractivity contribution in [2.75, 3.05) is 45.9 Å². The van der Waals surface area contributed by atoms with Crippen LogP contribution in [0.15, 0.2) is 0 Å². The summed E-state index contributed by atoms with van der Waals surface area (Å²) in [4.78, 5) is 7.99. The SMILES string of the molecule is CC(C)(C)N1CCC2(CC1)CC(N1CC3(C1)CN(C(C)(C)C)C3)CO2. The lowest BCUT2D eigenvalue weighted by molar-refractivity contribution is -0.155.